The Bertz CT molecular complexity index is 696. The number of ether oxygens (including phenoxy) is 1. The van der Waals surface area contributed by atoms with Crippen molar-refractivity contribution in [1.29, 1.82) is 0 Å². The Balaban J connectivity index is 2.27. The van der Waals surface area contributed by atoms with Crippen molar-refractivity contribution < 1.29 is 27.2 Å². The topological polar surface area (TPSA) is 90.8 Å². The van der Waals surface area contributed by atoms with Gasteiger partial charge in [-0.1, -0.05) is 0 Å². The lowest BCUT2D eigenvalue weighted by Crippen LogP contribution is -2.43. The van der Waals surface area contributed by atoms with E-state index in [-0.39, 0.29) is 6.42 Å². The molecule has 1 saturated carbocycles. The fourth-order valence-corrected chi connectivity index (χ4v) is 2.77. The Morgan fingerprint density at radius 3 is 2.73 bits per heavy atom. The highest BCUT2D eigenvalue weighted by molar-refractivity contribution is 5.74. The number of nitrogens with two attached hydrogens (primary N) is 1. The van der Waals surface area contributed by atoms with Crippen LogP contribution in [0.15, 0.2) is 17.1 Å². The number of halogens is 4. The summed E-state index contributed by atoms with van der Waals surface area (Å²) in [6.07, 6.45) is -3.80. The first-order chi connectivity index (χ1) is 10.3. The minimum absolute atomic E-state index is 0.123. The highest BCUT2D eigenvalue weighted by Gasteiger charge is 2.64. The number of hydrogen-bond acceptors (Lipinski definition) is 5. The lowest BCUT2D eigenvalue weighted by Gasteiger charge is -2.32. The molecule has 10 heteroatoms. The third-order valence-corrected chi connectivity index (χ3v) is 3.85. The molecular formula is C12H9F4N3O3. The number of nitro benzene ring substituents is 1. The van der Waals surface area contributed by atoms with Crippen LogP contribution in [0.4, 0.5) is 23.2 Å². The fourth-order valence-electron chi connectivity index (χ4n) is 2.77. The quantitative estimate of drug-likeness (QED) is 0.524. The van der Waals surface area contributed by atoms with Gasteiger partial charge in [0.05, 0.1) is 11.0 Å². The number of amidine groups is 1. The number of fused-ring (bicyclic) bond motifs is 1. The normalized spacial score (nSPS) is 29.6. The van der Waals surface area contributed by atoms with Crippen LogP contribution in [-0.4, -0.2) is 23.5 Å². The van der Waals surface area contributed by atoms with Crippen molar-refractivity contribution in [3.05, 3.63) is 39.4 Å². The average molecular weight is 319 g/mol. The Morgan fingerprint density at radius 1 is 1.45 bits per heavy atom. The Kier molecular flexibility index (Phi) is 3.01. The van der Waals surface area contributed by atoms with Crippen LogP contribution in [0.1, 0.15) is 12.0 Å². The lowest BCUT2D eigenvalue weighted by atomic mass is 9.84. The Labute approximate surface area is 120 Å². The van der Waals surface area contributed by atoms with E-state index in [2.05, 4.69) is 4.99 Å². The van der Waals surface area contributed by atoms with Crippen LogP contribution < -0.4 is 5.73 Å². The number of nitrogens with zero attached hydrogens (tertiary/aromatic N) is 2. The fraction of sp³-hybridized carbons (Fsp3) is 0.417. The lowest BCUT2D eigenvalue weighted by molar-refractivity contribution is -0.385. The van der Waals surface area contributed by atoms with Gasteiger partial charge in [0, 0.05) is 17.5 Å². The van der Waals surface area contributed by atoms with E-state index in [0.717, 1.165) is 0 Å². The number of aliphatic imine (C=N–C) groups is 1. The van der Waals surface area contributed by atoms with Gasteiger partial charge < -0.3 is 10.5 Å². The molecule has 3 atom stereocenters. The minimum atomic E-state index is -3.24. The molecule has 2 aliphatic rings. The van der Waals surface area contributed by atoms with Crippen molar-refractivity contribution >= 4 is 11.7 Å². The van der Waals surface area contributed by atoms with Gasteiger partial charge in [-0.05, 0) is 6.42 Å². The van der Waals surface area contributed by atoms with Crippen molar-refractivity contribution in [2.24, 2.45) is 16.6 Å². The standard InChI is InChI=1S/C12H9F4N3O3/c13-7-2-4(19(20)21)1-6(9(7)14)12(10(15)16)5-3-8(5)22-11(17)18-12/h1-2,5,8,10H,3H2,(H2,17,18)/t5?,8-,12+/m1/s1. The first-order valence-corrected chi connectivity index (χ1v) is 6.21. The summed E-state index contributed by atoms with van der Waals surface area (Å²) in [5.74, 6) is -4.12. The second-order valence-electron chi connectivity index (χ2n) is 5.12. The summed E-state index contributed by atoms with van der Waals surface area (Å²) in [4.78, 5) is 13.3. The molecule has 0 spiro atoms. The van der Waals surface area contributed by atoms with Crippen LogP contribution in [0.3, 0.4) is 0 Å². The minimum Gasteiger partial charge on any atom is -0.462 e. The predicted molar refractivity (Wildman–Crippen MR) is 65.3 cm³/mol. The zero-order valence-corrected chi connectivity index (χ0v) is 10.8. The van der Waals surface area contributed by atoms with E-state index in [9.17, 15) is 27.7 Å². The number of non-ortho nitro benzene ring substituents is 1. The summed E-state index contributed by atoms with van der Waals surface area (Å²) in [5.41, 5.74) is 1.13. The van der Waals surface area contributed by atoms with Crippen molar-refractivity contribution in [1.82, 2.24) is 0 Å². The molecule has 0 bridgehead atoms. The van der Waals surface area contributed by atoms with Gasteiger partial charge in [0.15, 0.2) is 17.2 Å². The van der Waals surface area contributed by atoms with Crippen molar-refractivity contribution in [2.75, 3.05) is 0 Å². The molecule has 1 aromatic rings. The zero-order valence-electron chi connectivity index (χ0n) is 10.8. The van der Waals surface area contributed by atoms with Gasteiger partial charge in [-0.25, -0.2) is 22.6 Å². The molecule has 118 valence electrons. The number of nitro groups is 1. The largest absolute Gasteiger partial charge is 0.462 e. The molecule has 22 heavy (non-hydrogen) atoms. The predicted octanol–water partition coefficient (Wildman–Crippen LogP) is 2.07. The molecule has 2 N–H and O–H groups in total. The van der Waals surface area contributed by atoms with Gasteiger partial charge in [0.25, 0.3) is 18.1 Å². The number of alkyl halides is 2. The number of benzene rings is 1. The summed E-state index contributed by atoms with van der Waals surface area (Å²) in [6.45, 7) is 0. The van der Waals surface area contributed by atoms with Crippen LogP contribution in [0.2, 0.25) is 0 Å². The SMILES string of the molecule is NC1=N[C@@](c2cc([N+](=O)[O-])cc(F)c2F)(C(F)F)C2C[C@H]2O1. The molecule has 3 rings (SSSR count). The second-order valence-corrected chi connectivity index (χ2v) is 5.12. The maximum atomic E-state index is 14.1. The average Bonchev–Trinajstić information content (AvgIpc) is 3.19. The smallest absolute Gasteiger partial charge is 0.283 e. The molecule has 1 aliphatic carbocycles. The number of hydrogen-bond donors (Lipinski definition) is 1. The summed E-state index contributed by atoms with van der Waals surface area (Å²) < 4.78 is 60.0. The molecule has 6 nitrogen and oxygen atoms in total. The zero-order chi connectivity index (χ0) is 16.2. The summed E-state index contributed by atoms with van der Waals surface area (Å²) in [5, 5.41) is 10.8. The van der Waals surface area contributed by atoms with Gasteiger partial charge in [-0.15, -0.1) is 0 Å². The van der Waals surface area contributed by atoms with Crippen molar-refractivity contribution in [2.45, 2.75) is 24.5 Å². The molecule has 1 heterocycles. The van der Waals surface area contributed by atoms with Gasteiger partial charge in [-0.3, -0.25) is 10.1 Å². The third-order valence-electron chi connectivity index (χ3n) is 3.85. The van der Waals surface area contributed by atoms with Gasteiger partial charge in [0.2, 0.25) is 0 Å². The Morgan fingerprint density at radius 2 is 2.14 bits per heavy atom. The van der Waals surface area contributed by atoms with Gasteiger partial charge >= 0.3 is 0 Å². The molecule has 1 fully saturated rings. The highest BCUT2D eigenvalue weighted by Crippen LogP contribution is 2.56. The molecular weight excluding hydrogens is 310 g/mol. The molecule has 0 saturated heterocycles. The maximum absolute atomic E-state index is 14.1. The highest BCUT2D eigenvalue weighted by atomic mass is 19.3. The molecule has 0 radical (unpaired) electrons. The maximum Gasteiger partial charge on any atom is 0.283 e. The summed E-state index contributed by atoms with van der Waals surface area (Å²) in [7, 11) is 0. The van der Waals surface area contributed by atoms with Crippen LogP contribution in [0.5, 0.6) is 0 Å². The molecule has 1 unspecified atom stereocenters. The van der Waals surface area contributed by atoms with Crippen LogP contribution in [0.25, 0.3) is 0 Å². The van der Waals surface area contributed by atoms with E-state index in [1.54, 1.807) is 0 Å². The van der Waals surface area contributed by atoms with Crippen LogP contribution in [-0.2, 0) is 10.3 Å². The molecule has 0 amide bonds. The van der Waals surface area contributed by atoms with E-state index in [4.69, 9.17) is 10.5 Å². The summed E-state index contributed by atoms with van der Waals surface area (Å²) in [6, 6.07) is 0.321. The van der Waals surface area contributed by atoms with E-state index in [1.807, 2.05) is 0 Å². The van der Waals surface area contributed by atoms with E-state index >= 15 is 0 Å². The molecule has 1 aliphatic heterocycles. The van der Waals surface area contributed by atoms with Crippen molar-refractivity contribution in [3.63, 3.8) is 0 Å². The Hall–Kier alpha value is -2.39. The third kappa shape index (κ3) is 1.90. The molecule has 0 aromatic heterocycles. The monoisotopic (exact) mass is 319 g/mol. The summed E-state index contributed by atoms with van der Waals surface area (Å²) >= 11 is 0. The van der Waals surface area contributed by atoms with Gasteiger partial charge in [-0.2, -0.15) is 0 Å². The van der Waals surface area contributed by atoms with E-state index in [0.29, 0.717) is 12.1 Å². The molecule has 1 aromatic carbocycles. The van der Waals surface area contributed by atoms with E-state index in [1.165, 1.54) is 0 Å². The van der Waals surface area contributed by atoms with E-state index < -0.39 is 57.8 Å². The number of rotatable bonds is 3. The van der Waals surface area contributed by atoms with Crippen LogP contribution >= 0.6 is 0 Å². The van der Waals surface area contributed by atoms with Gasteiger partial charge in [0.1, 0.15) is 6.10 Å². The van der Waals surface area contributed by atoms with Crippen molar-refractivity contribution in [3.8, 4) is 0 Å². The van der Waals surface area contributed by atoms with Crippen LogP contribution in [0, 0.1) is 27.7 Å². The first-order valence-electron chi connectivity index (χ1n) is 6.21. The first kappa shape index (κ1) is 14.5. The second kappa shape index (κ2) is 4.55.